The zero-order chi connectivity index (χ0) is 10.4. The summed E-state index contributed by atoms with van der Waals surface area (Å²) in [7, 11) is 0. The Bertz CT molecular complexity index is 215. The fourth-order valence-electron chi connectivity index (χ4n) is 1.76. The summed E-state index contributed by atoms with van der Waals surface area (Å²) in [5.41, 5.74) is 3.38. The Balaban J connectivity index is 2.16. The molecule has 0 saturated heterocycles. The highest BCUT2D eigenvalue weighted by atomic mass is 16.2. The van der Waals surface area contributed by atoms with Gasteiger partial charge < -0.3 is 5.32 Å². The summed E-state index contributed by atoms with van der Waals surface area (Å²) in [6.45, 7) is 4.70. The van der Waals surface area contributed by atoms with Gasteiger partial charge in [-0.3, -0.25) is 10.2 Å². The van der Waals surface area contributed by atoms with E-state index >= 15 is 0 Å². The highest BCUT2D eigenvalue weighted by molar-refractivity contribution is 5.75. The summed E-state index contributed by atoms with van der Waals surface area (Å²) in [5, 5.41) is 3.32. The van der Waals surface area contributed by atoms with E-state index in [1.807, 2.05) is 0 Å². The van der Waals surface area contributed by atoms with Crippen molar-refractivity contribution in [3.63, 3.8) is 0 Å². The lowest BCUT2D eigenvalue weighted by Gasteiger charge is -2.25. The van der Waals surface area contributed by atoms with E-state index < -0.39 is 0 Å². The minimum atomic E-state index is -0.126. The maximum absolute atomic E-state index is 10.8. The molecule has 80 valence electrons. The van der Waals surface area contributed by atoms with Crippen LogP contribution in [0.5, 0.6) is 0 Å². The molecule has 1 atom stereocenters. The Labute approximate surface area is 84.9 Å². The number of nitrogens with one attached hydrogen (secondary N) is 2. The van der Waals surface area contributed by atoms with Gasteiger partial charge in [0.2, 0.25) is 5.91 Å². The molecule has 0 spiro atoms. The van der Waals surface area contributed by atoms with Crippen LogP contribution >= 0.6 is 0 Å². The van der Waals surface area contributed by atoms with Gasteiger partial charge in [-0.1, -0.05) is 18.6 Å². The molecular weight excluding hydrogens is 178 g/mol. The molecule has 0 heterocycles. The number of hydrogen-bond donors (Lipinski definition) is 3. The lowest BCUT2D eigenvalue weighted by molar-refractivity contribution is -0.121. The van der Waals surface area contributed by atoms with E-state index in [1.165, 1.54) is 18.4 Å². The van der Waals surface area contributed by atoms with Crippen molar-refractivity contribution in [1.29, 1.82) is 0 Å². The van der Waals surface area contributed by atoms with E-state index in [9.17, 15) is 4.79 Å². The molecule has 0 radical (unpaired) electrons. The fraction of sp³-hybridized carbons (Fsp3) is 0.700. The van der Waals surface area contributed by atoms with Crippen LogP contribution in [0.25, 0.3) is 0 Å². The molecule has 0 aromatic rings. The first-order valence-corrected chi connectivity index (χ1v) is 5.14. The van der Waals surface area contributed by atoms with E-state index in [0.29, 0.717) is 19.0 Å². The summed E-state index contributed by atoms with van der Waals surface area (Å²) in [6, 6.07) is 0.398. The largest absolute Gasteiger partial charge is 0.310 e. The zero-order valence-electron chi connectivity index (χ0n) is 8.51. The minimum absolute atomic E-state index is 0.126. The summed E-state index contributed by atoms with van der Waals surface area (Å²) in [4.78, 5) is 10.8. The molecule has 0 aliphatic heterocycles. The molecule has 0 aromatic carbocycles. The fourth-order valence-corrected chi connectivity index (χ4v) is 1.76. The van der Waals surface area contributed by atoms with E-state index in [4.69, 9.17) is 5.84 Å². The number of hydrogen-bond acceptors (Lipinski definition) is 3. The third-order valence-electron chi connectivity index (χ3n) is 2.64. The van der Waals surface area contributed by atoms with Gasteiger partial charge in [-0.25, -0.2) is 5.84 Å². The third kappa shape index (κ3) is 3.47. The lowest BCUT2D eigenvalue weighted by Crippen LogP contribution is -2.37. The Morgan fingerprint density at radius 1 is 1.57 bits per heavy atom. The second-order valence-electron chi connectivity index (χ2n) is 3.73. The highest BCUT2D eigenvalue weighted by Crippen LogP contribution is 2.21. The molecule has 1 aliphatic carbocycles. The maximum Gasteiger partial charge on any atom is 0.235 e. The number of rotatable bonds is 4. The van der Waals surface area contributed by atoms with Crippen molar-refractivity contribution in [1.82, 2.24) is 10.7 Å². The number of hydrazine groups is 1. The van der Waals surface area contributed by atoms with Crippen molar-refractivity contribution in [3.05, 3.63) is 12.2 Å². The van der Waals surface area contributed by atoms with Gasteiger partial charge in [0.15, 0.2) is 0 Å². The molecule has 0 bridgehead atoms. The number of nitrogens with two attached hydrogens (primary N) is 1. The lowest BCUT2D eigenvalue weighted by atomic mass is 9.91. The predicted molar refractivity (Wildman–Crippen MR) is 56.3 cm³/mol. The summed E-state index contributed by atoms with van der Waals surface area (Å²) in [5.74, 6) is 4.85. The molecule has 1 saturated carbocycles. The van der Waals surface area contributed by atoms with Gasteiger partial charge in [-0.15, -0.1) is 0 Å². The van der Waals surface area contributed by atoms with Crippen molar-refractivity contribution in [2.24, 2.45) is 5.84 Å². The first kappa shape index (κ1) is 11.2. The van der Waals surface area contributed by atoms with Crippen molar-refractivity contribution < 1.29 is 4.79 Å². The normalized spacial score (nSPS) is 22.1. The molecule has 4 N–H and O–H groups in total. The average Bonchev–Trinajstić information content (AvgIpc) is 2.20. The molecule has 1 rings (SSSR count). The second kappa shape index (κ2) is 5.78. The van der Waals surface area contributed by atoms with Crippen LogP contribution in [0.15, 0.2) is 12.2 Å². The standard InChI is InChI=1S/C10H19N3O/c1-8-4-2-3-5-9(8)12-7-6-10(14)13-11/h9,12H,1-7,11H2,(H,13,14). The van der Waals surface area contributed by atoms with Crippen molar-refractivity contribution in [3.8, 4) is 0 Å². The van der Waals surface area contributed by atoms with Crippen LogP contribution < -0.4 is 16.6 Å². The number of carbonyl (C=O) groups excluding carboxylic acids is 1. The SMILES string of the molecule is C=C1CCCCC1NCCC(=O)NN. The first-order chi connectivity index (χ1) is 6.74. The van der Waals surface area contributed by atoms with E-state index in [0.717, 1.165) is 12.8 Å². The van der Waals surface area contributed by atoms with Gasteiger partial charge in [0.25, 0.3) is 0 Å². The molecule has 1 fully saturated rings. The molecule has 4 heteroatoms. The molecular formula is C10H19N3O. The molecule has 14 heavy (non-hydrogen) atoms. The highest BCUT2D eigenvalue weighted by Gasteiger charge is 2.16. The monoisotopic (exact) mass is 197 g/mol. The first-order valence-electron chi connectivity index (χ1n) is 5.14. The van der Waals surface area contributed by atoms with E-state index in [-0.39, 0.29) is 5.91 Å². The summed E-state index contributed by atoms with van der Waals surface area (Å²) in [6.07, 6.45) is 5.18. The molecule has 4 nitrogen and oxygen atoms in total. The Kier molecular flexibility index (Phi) is 4.62. The maximum atomic E-state index is 10.8. The van der Waals surface area contributed by atoms with Gasteiger partial charge in [-0.2, -0.15) is 0 Å². The summed E-state index contributed by atoms with van der Waals surface area (Å²) < 4.78 is 0. The van der Waals surface area contributed by atoms with Crippen molar-refractivity contribution >= 4 is 5.91 Å². The molecule has 0 aromatic heterocycles. The van der Waals surface area contributed by atoms with Crippen LogP contribution in [-0.4, -0.2) is 18.5 Å². The van der Waals surface area contributed by atoms with E-state index in [1.54, 1.807) is 0 Å². The quantitative estimate of drug-likeness (QED) is 0.265. The van der Waals surface area contributed by atoms with Gasteiger partial charge in [0.05, 0.1) is 0 Å². The van der Waals surface area contributed by atoms with Crippen LogP contribution in [0.2, 0.25) is 0 Å². The summed E-state index contributed by atoms with van der Waals surface area (Å²) >= 11 is 0. The van der Waals surface area contributed by atoms with Crippen molar-refractivity contribution in [2.75, 3.05) is 6.54 Å². The predicted octanol–water partition coefficient (Wildman–Crippen LogP) is 0.455. The van der Waals surface area contributed by atoms with E-state index in [2.05, 4.69) is 17.3 Å². The van der Waals surface area contributed by atoms with Gasteiger partial charge in [-0.05, 0) is 19.3 Å². The minimum Gasteiger partial charge on any atom is -0.310 e. The topological polar surface area (TPSA) is 67.2 Å². The van der Waals surface area contributed by atoms with Crippen LogP contribution in [0, 0.1) is 0 Å². The number of carbonyl (C=O) groups is 1. The Morgan fingerprint density at radius 2 is 2.36 bits per heavy atom. The average molecular weight is 197 g/mol. The molecule has 1 unspecified atom stereocenters. The zero-order valence-corrected chi connectivity index (χ0v) is 8.51. The Hall–Kier alpha value is -0.870. The van der Waals surface area contributed by atoms with Gasteiger partial charge >= 0.3 is 0 Å². The molecule has 1 amide bonds. The van der Waals surface area contributed by atoms with Crippen LogP contribution in [0.1, 0.15) is 32.1 Å². The van der Waals surface area contributed by atoms with Crippen LogP contribution in [-0.2, 0) is 4.79 Å². The van der Waals surface area contributed by atoms with Crippen LogP contribution in [0.4, 0.5) is 0 Å². The second-order valence-corrected chi connectivity index (χ2v) is 3.73. The van der Waals surface area contributed by atoms with Crippen LogP contribution in [0.3, 0.4) is 0 Å². The third-order valence-corrected chi connectivity index (χ3v) is 2.64. The van der Waals surface area contributed by atoms with Gasteiger partial charge in [0, 0.05) is 19.0 Å². The molecule has 1 aliphatic rings. The Morgan fingerprint density at radius 3 is 3.00 bits per heavy atom. The smallest absolute Gasteiger partial charge is 0.235 e. The van der Waals surface area contributed by atoms with Crippen molar-refractivity contribution in [2.45, 2.75) is 38.1 Å². The van der Waals surface area contributed by atoms with Gasteiger partial charge in [0.1, 0.15) is 0 Å². The number of amides is 1.